The fourth-order valence-electron chi connectivity index (χ4n) is 2.20. The van der Waals surface area contributed by atoms with E-state index < -0.39 is 0 Å². The standard InChI is InChI=1S/C17H15ClN2/c1-13-3-2-4-15(9-13)16-10-19-20(12-16)11-14-5-7-17(18)8-6-14/h2-10,12H,11H2,1H3. The minimum atomic E-state index is 0.753. The van der Waals surface area contributed by atoms with E-state index in [0.29, 0.717) is 0 Å². The van der Waals surface area contributed by atoms with Crippen molar-refractivity contribution in [3.8, 4) is 11.1 Å². The highest BCUT2D eigenvalue weighted by Crippen LogP contribution is 2.20. The van der Waals surface area contributed by atoms with Gasteiger partial charge in [0.05, 0.1) is 12.7 Å². The molecule has 0 fully saturated rings. The van der Waals surface area contributed by atoms with Crippen molar-refractivity contribution >= 4 is 11.6 Å². The monoisotopic (exact) mass is 282 g/mol. The molecule has 0 amide bonds. The molecular weight excluding hydrogens is 268 g/mol. The van der Waals surface area contributed by atoms with Crippen LogP contribution < -0.4 is 0 Å². The summed E-state index contributed by atoms with van der Waals surface area (Å²) < 4.78 is 1.95. The Bertz CT molecular complexity index is 714. The van der Waals surface area contributed by atoms with E-state index in [1.807, 2.05) is 35.1 Å². The van der Waals surface area contributed by atoms with Crippen LogP contribution in [0.1, 0.15) is 11.1 Å². The molecule has 0 aliphatic heterocycles. The van der Waals surface area contributed by atoms with Crippen molar-refractivity contribution in [2.75, 3.05) is 0 Å². The van der Waals surface area contributed by atoms with Crippen molar-refractivity contribution in [1.29, 1.82) is 0 Å². The summed E-state index contributed by atoms with van der Waals surface area (Å²) in [6.45, 7) is 2.85. The molecule has 3 rings (SSSR count). The van der Waals surface area contributed by atoms with Gasteiger partial charge in [-0.1, -0.05) is 53.6 Å². The van der Waals surface area contributed by atoms with Gasteiger partial charge in [0.1, 0.15) is 0 Å². The smallest absolute Gasteiger partial charge is 0.0659 e. The van der Waals surface area contributed by atoms with Crippen LogP contribution in [0.3, 0.4) is 0 Å². The van der Waals surface area contributed by atoms with Gasteiger partial charge in [0, 0.05) is 16.8 Å². The van der Waals surface area contributed by atoms with Gasteiger partial charge >= 0.3 is 0 Å². The van der Waals surface area contributed by atoms with Gasteiger partial charge in [-0.25, -0.2) is 0 Å². The number of hydrogen-bond donors (Lipinski definition) is 0. The molecule has 100 valence electrons. The van der Waals surface area contributed by atoms with Crippen LogP contribution in [0.2, 0.25) is 5.02 Å². The van der Waals surface area contributed by atoms with E-state index in [9.17, 15) is 0 Å². The summed E-state index contributed by atoms with van der Waals surface area (Å²) >= 11 is 5.89. The minimum absolute atomic E-state index is 0.753. The third kappa shape index (κ3) is 2.91. The quantitative estimate of drug-likeness (QED) is 0.688. The first-order chi connectivity index (χ1) is 9.70. The number of hydrogen-bond acceptors (Lipinski definition) is 1. The van der Waals surface area contributed by atoms with Crippen molar-refractivity contribution in [2.24, 2.45) is 0 Å². The van der Waals surface area contributed by atoms with Crippen LogP contribution in [0.25, 0.3) is 11.1 Å². The maximum absolute atomic E-state index is 5.89. The van der Waals surface area contributed by atoms with Crippen LogP contribution in [-0.2, 0) is 6.54 Å². The zero-order valence-electron chi connectivity index (χ0n) is 11.3. The molecular formula is C17H15ClN2. The average Bonchev–Trinajstić information content (AvgIpc) is 2.90. The second-order valence-corrected chi connectivity index (χ2v) is 5.36. The molecule has 1 aromatic heterocycles. The largest absolute Gasteiger partial charge is 0.268 e. The predicted octanol–water partition coefficient (Wildman–Crippen LogP) is 4.56. The molecule has 1 heterocycles. The highest BCUT2D eigenvalue weighted by Gasteiger charge is 2.02. The molecule has 2 aromatic carbocycles. The molecule has 0 N–H and O–H groups in total. The molecule has 2 nitrogen and oxygen atoms in total. The second-order valence-electron chi connectivity index (χ2n) is 4.92. The van der Waals surface area contributed by atoms with Crippen molar-refractivity contribution in [3.05, 3.63) is 77.1 Å². The Labute approximate surface area is 123 Å². The first kappa shape index (κ1) is 12.9. The van der Waals surface area contributed by atoms with Crippen LogP contribution in [-0.4, -0.2) is 9.78 Å². The maximum Gasteiger partial charge on any atom is 0.0659 e. The lowest BCUT2D eigenvalue weighted by molar-refractivity contribution is 0.687. The summed E-state index contributed by atoms with van der Waals surface area (Å²) in [4.78, 5) is 0. The second kappa shape index (κ2) is 5.51. The van der Waals surface area contributed by atoms with Crippen LogP contribution in [0, 0.1) is 6.92 Å². The molecule has 0 saturated heterocycles. The summed E-state index contributed by atoms with van der Waals surface area (Å²) in [7, 11) is 0. The van der Waals surface area contributed by atoms with Gasteiger partial charge < -0.3 is 0 Å². The van der Waals surface area contributed by atoms with Gasteiger partial charge in [-0.2, -0.15) is 5.10 Å². The lowest BCUT2D eigenvalue weighted by atomic mass is 10.1. The fourth-order valence-corrected chi connectivity index (χ4v) is 2.33. The Morgan fingerprint density at radius 3 is 2.60 bits per heavy atom. The Morgan fingerprint density at radius 2 is 1.85 bits per heavy atom. The number of nitrogens with zero attached hydrogens (tertiary/aromatic N) is 2. The van der Waals surface area contributed by atoms with Crippen LogP contribution in [0.4, 0.5) is 0 Å². The number of aryl methyl sites for hydroxylation is 1. The Hall–Kier alpha value is -2.06. The SMILES string of the molecule is Cc1cccc(-c2cnn(Cc3ccc(Cl)cc3)c2)c1. The third-order valence-corrected chi connectivity index (χ3v) is 3.49. The summed E-state index contributed by atoms with van der Waals surface area (Å²) in [5.74, 6) is 0. The van der Waals surface area contributed by atoms with Gasteiger partial charge in [0.15, 0.2) is 0 Å². The molecule has 3 aromatic rings. The zero-order chi connectivity index (χ0) is 13.9. The lowest BCUT2D eigenvalue weighted by Gasteiger charge is -2.02. The van der Waals surface area contributed by atoms with E-state index in [2.05, 4.69) is 42.5 Å². The molecule has 0 aliphatic rings. The van der Waals surface area contributed by atoms with Gasteiger partial charge in [-0.3, -0.25) is 4.68 Å². The van der Waals surface area contributed by atoms with E-state index in [-0.39, 0.29) is 0 Å². The first-order valence-corrected chi connectivity index (χ1v) is 6.92. The molecule has 0 atom stereocenters. The van der Waals surface area contributed by atoms with Gasteiger partial charge in [0.25, 0.3) is 0 Å². The molecule has 3 heteroatoms. The van der Waals surface area contributed by atoms with E-state index in [0.717, 1.165) is 17.1 Å². The van der Waals surface area contributed by atoms with Crippen LogP contribution >= 0.6 is 11.6 Å². The summed E-state index contributed by atoms with van der Waals surface area (Å²) in [6.07, 6.45) is 3.98. The Morgan fingerprint density at radius 1 is 1.05 bits per heavy atom. The topological polar surface area (TPSA) is 17.8 Å². The Balaban J connectivity index is 1.82. The number of aromatic nitrogens is 2. The van der Waals surface area contributed by atoms with E-state index >= 15 is 0 Å². The van der Waals surface area contributed by atoms with Gasteiger partial charge in [-0.05, 0) is 30.2 Å². The highest BCUT2D eigenvalue weighted by atomic mass is 35.5. The van der Waals surface area contributed by atoms with E-state index in [1.54, 1.807) is 0 Å². The lowest BCUT2D eigenvalue weighted by Crippen LogP contribution is -1.99. The fraction of sp³-hybridized carbons (Fsp3) is 0.118. The number of rotatable bonds is 3. The van der Waals surface area contributed by atoms with Crippen molar-refractivity contribution in [2.45, 2.75) is 13.5 Å². The number of benzene rings is 2. The number of halogens is 1. The normalized spacial score (nSPS) is 10.7. The molecule has 0 unspecified atom stereocenters. The molecule has 0 bridgehead atoms. The van der Waals surface area contributed by atoms with E-state index in [1.165, 1.54) is 16.7 Å². The highest BCUT2D eigenvalue weighted by molar-refractivity contribution is 6.30. The van der Waals surface area contributed by atoms with Crippen LogP contribution in [0.5, 0.6) is 0 Å². The van der Waals surface area contributed by atoms with Crippen molar-refractivity contribution in [1.82, 2.24) is 9.78 Å². The van der Waals surface area contributed by atoms with Crippen LogP contribution in [0.15, 0.2) is 60.9 Å². The molecule has 0 saturated carbocycles. The van der Waals surface area contributed by atoms with Crippen molar-refractivity contribution < 1.29 is 0 Å². The summed E-state index contributed by atoms with van der Waals surface area (Å²) in [6, 6.07) is 16.3. The maximum atomic E-state index is 5.89. The minimum Gasteiger partial charge on any atom is -0.268 e. The third-order valence-electron chi connectivity index (χ3n) is 3.24. The Kier molecular flexibility index (Phi) is 3.57. The van der Waals surface area contributed by atoms with E-state index in [4.69, 9.17) is 11.6 Å². The summed E-state index contributed by atoms with van der Waals surface area (Å²) in [5.41, 5.74) is 4.79. The van der Waals surface area contributed by atoms with Gasteiger partial charge in [0.2, 0.25) is 0 Å². The molecule has 0 aliphatic carbocycles. The predicted molar refractivity (Wildman–Crippen MR) is 83.0 cm³/mol. The molecule has 0 radical (unpaired) electrons. The first-order valence-electron chi connectivity index (χ1n) is 6.55. The summed E-state index contributed by atoms with van der Waals surface area (Å²) in [5, 5.41) is 5.18. The molecule has 20 heavy (non-hydrogen) atoms. The van der Waals surface area contributed by atoms with Gasteiger partial charge in [-0.15, -0.1) is 0 Å². The zero-order valence-corrected chi connectivity index (χ0v) is 12.0. The van der Waals surface area contributed by atoms with Crippen molar-refractivity contribution in [3.63, 3.8) is 0 Å². The molecule has 0 spiro atoms. The average molecular weight is 283 g/mol.